The zero-order chi connectivity index (χ0) is 27.1. The zero-order valence-corrected chi connectivity index (χ0v) is 24.4. The SMILES string of the molecule is O=C(c1ccc(CN2CCOCC2)cc1C1CCCCC1)c1ccc(CN2CCOCC2)cc1C1CCCCC1. The van der Waals surface area contributed by atoms with Gasteiger partial charge in [-0.1, -0.05) is 74.9 Å². The Hall–Kier alpha value is -2.05. The standard InChI is InChI=1S/C35H48N2O3/c38-35(31-13-11-27(25-36-15-19-39-20-16-36)23-33(31)29-7-3-1-4-8-29)32-14-12-28(26-37-17-21-40-22-18-37)24-34(32)30-9-5-2-6-10-30/h11-14,23-24,29-30H,1-10,15-22,25-26H2. The minimum atomic E-state index is 0.247. The smallest absolute Gasteiger partial charge is 0.193 e. The largest absolute Gasteiger partial charge is 0.379 e. The average Bonchev–Trinajstić information content (AvgIpc) is 3.02. The maximum absolute atomic E-state index is 14.5. The van der Waals surface area contributed by atoms with Crippen molar-refractivity contribution in [3.63, 3.8) is 0 Å². The van der Waals surface area contributed by atoms with Gasteiger partial charge in [0.2, 0.25) is 0 Å². The van der Waals surface area contributed by atoms with Gasteiger partial charge in [0.15, 0.2) is 5.78 Å². The Bertz CT molecular complexity index is 1040. The van der Waals surface area contributed by atoms with E-state index in [0.717, 1.165) is 76.8 Å². The van der Waals surface area contributed by atoms with Crippen LogP contribution in [0.1, 0.15) is 114 Å². The molecule has 4 aliphatic rings. The zero-order valence-electron chi connectivity index (χ0n) is 24.4. The number of rotatable bonds is 8. The summed E-state index contributed by atoms with van der Waals surface area (Å²) >= 11 is 0. The Morgan fingerprint density at radius 1 is 0.600 bits per heavy atom. The summed E-state index contributed by atoms with van der Waals surface area (Å²) in [5.41, 5.74) is 7.20. The summed E-state index contributed by atoms with van der Waals surface area (Å²) in [7, 11) is 0. The maximum Gasteiger partial charge on any atom is 0.193 e. The number of benzene rings is 2. The summed E-state index contributed by atoms with van der Waals surface area (Å²) in [5, 5.41) is 0. The van der Waals surface area contributed by atoms with E-state index in [2.05, 4.69) is 46.2 Å². The Labute approximate surface area is 241 Å². The molecule has 2 saturated carbocycles. The van der Waals surface area contributed by atoms with Gasteiger partial charge in [-0.2, -0.15) is 0 Å². The molecule has 0 unspecified atom stereocenters. The molecule has 216 valence electrons. The minimum absolute atomic E-state index is 0.247. The highest BCUT2D eigenvalue weighted by Crippen LogP contribution is 2.39. The molecule has 0 amide bonds. The lowest BCUT2D eigenvalue weighted by molar-refractivity contribution is 0.0341. The second-order valence-corrected chi connectivity index (χ2v) is 12.6. The van der Waals surface area contributed by atoms with Crippen molar-refractivity contribution in [2.24, 2.45) is 0 Å². The molecule has 2 aliphatic heterocycles. The first-order valence-corrected chi connectivity index (χ1v) is 16.1. The molecular formula is C35H48N2O3. The summed E-state index contributed by atoms with van der Waals surface area (Å²) in [5.74, 6) is 1.24. The van der Waals surface area contributed by atoms with Crippen LogP contribution >= 0.6 is 0 Å². The lowest BCUT2D eigenvalue weighted by atomic mass is 9.77. The molecule has 2 saturated heterocycles. The molecule has 0 atom stereocenters. The van der Waals surface area contributed by atoms with Crippen LogP contribution < -0.4 is 0 Å². The average molecular weight is 545 g/mol. The van der Waals surface area contributed by atoms with Crippen molar-refractivity contribution in [3.8, 4) is 0 Å². The maximum atomic E-state index is 14.5. The van der Waals surface area contributed by atoms with E-state index in [1.807, 2.05) is 0 Å². The fourth-order valence-electron chi connectivity index (χ4n) is 7.52. The molecule has 6 rings (SSSR count). The number of carbonyl (C=O) groups is 1. The number of morpholine rings is 2. The van der Waals surface area contributed by atoms with Gasteiger partial charge >= 0.3 is 0 Å². The number of ketones is 1. The molecule has 2 heterocycles. The molecular weight excluding hydrogens is 496 g/mol. The number of ether oxygens (including phenoxy) is 2. The second kappa shape index (κ2) is 13.7. The molecule has 4 fully saturated rings. The van der Waals surface area contributed by atoms with E-state index in [0.29, 0.717) is 11.8 Å². The predicted octanol–water partition coefficient (Wildman–Crippen LogP) is 6.68. The van der Waals surface area contributed by atoms with Crippen molar-refractivity contribution in [2.45, 2.75) is 89.1 Å². The van der Waals surface area contributed by atoms with E-state index in [1.54, 1.807) is 0 Å². The van der Waals surface area contributed by atoms with Crippen LogP contribution in [0.3, 0.4) is 0 Å². The van der Waals surface area contributed by atoms with E-state index >= 15 is 0 Å². The first-order valence-electron chi connectivity index (χ1n) is 16.1. The molecule has 0 spiro atoms. The first kappa shape index (κ1) is 28.1. The van der Waals surface area contributed by atoms with E-state index < -0.39 is 0 Å². The second-order valence-electron chi connectivity index (χ2n) is 12.6. The van der Waals surface area contributed by atoms with E-state index in [4.69, 9.17) is 9.47 Å². The van der Waals surface area contributed by atoms with Crippen molar-refractivity contribution in [2.75, 3.05) is 52.6 Å². The molecule has 2 aromatic rings. The number of hydrogen-bond donors (Lipinski definition) is 0. The van der Waals surface area contributed by atoms with Crippen LogP contribution in [-0.4, -0.2) is 68.2 Å². The van der Waals surface area contributed by atoms with Crippen LogP contribution in [0.2, 0.25) is 0 Å². The van der Waals surface area contributed by atoms with E-state index in [9.17, 15) is 4.79 Å². The van der Waals surface area contributed by atoms with Crippen molar-refractivity contribution in [1.82, 2.24) is 9.80 Å². The van der Waals surface area contributed by atoms with E-state index in [1.165, 1.54) is 86.5 Å². The summed E-state index contributed by atoms with van der Waals surface area (Å²) in [6.45, 7) is 9.11. The van der Waals surface area contributed by atoms with Gasteiger partial charge in [0.1, 0.15) is 0 Å². The third-order valence-corrected chi connectivity index (χ3v) is 9.83. The van der Waals surface area contributed by atoms with Crippen LogP contribution in [0.15, 0.2) is 36.4 Å². The fourth-order valence-corrected chi connectivity index (χ4v) is 7.52. The molecule has 5 heteroatoms. The highest BCUT2D eigenvalue weighted by Gasteiger charge is 2.27. The summed E-state index contributed by atoms with van der Waals surface area (Å²) in [4.78, 5) is 19.5. The summed E-state index contributed by atoms with van der Waals surface area (Å²) < 4.78 is 11.1. The lowest BCUT2D eigenvalue weighted by Crippen LogP contribution is -2.35. The quantitative estimate of drug-likeness (QED) is 0.347. The molecule has 0 radical (unpaired) electrons. The van der Waals surface area contributed by atoms with Crippen LogP contribution in [0, 0.1) is 0 Å². The summed E-state index contributed by atoms with van der Waals surface area (Å²) in [6.07, 6.45) is 12.6. The first-order chi connectivity index (χ1) is 19.7. The van der Waals surface area contributed by atoms with Crippen LogP contribution in [-0.2, 0) is 22.6 Å². The molecule has 0 aromatic heterocycles. The van der Waals surface area contributed by atoms with Crippen LogP contribution in [0.4, 0.5) is 0 Å². The third kappa shape index (κ3) is 6.87. The highest BCUT2D eigenvalue weighted by atomic mass is 16.5. The minimum Gasteiger partial charge on any atom is -0.379 e. The topological polar surface area (TPSA) is 42.0 Å². The van der Waals surface area contributed by atoms with Gasteiger partial charge in [0, 0.05) is 50.4 Å². The Balaban J connectivity index is 1.32. The predicted molar refractivity (Wildman–Crippen MR) is 160 cm³/mol. The normalized spacial score (nSPS) is 22.4. The molecule has 5 nitrogen and oxygen atoms in total. The molecule has 40 heavy (non-hydrogen) atoms. The van der Waals surface area contributed by atoms with Gasteiger partial charge in [0.05, 0.1) is 26.4 Å². The number of hydrogen-bond acceptors (Lipinski definition) is 5. The molecule has 2 aliphatic carbocycles. The Morgan fingerprint density at radius 2 is 1.00 bits per heavy atom. The van der Waals surface area contributed by atoms with Crippen LogP contribution in [0.5, 0.6) is 0 Å². The van der Waals surface area contributed by atoms with Gasteiger partial charge in [-0.25, -0.2) is 0 Å². The Kier molecular flexibility index (Phi) is 9.65. The van der Waals surface area contributed by atoms with Crippen molar-refractivity contribution >= 4 is 5.78 Å². The molecule has 0 bridgehead atoms. The van der Waals surface area contributed by atoms with Gasteiger partial charge in [-0.3, -0.25) is 14.6 Å². The molecule has 0 N–H and O–H groups in total. The van der Waals surface area contributed by atoms with Crippen molar-refractivity contribution in [1.29, 1.82) is 0 Å². The van der Waals surface area contributed by atoms with Crippen LogP contribution in [0.25, 0.3) is 0 Å². The van der Waals surface area contributed by atoms with Gasteiger partial charge in [0.25, 0.3) is 0 Å². The van der Waals surface area contributed by atoms with Crippen molar-refractivity contribution in [3.05, 3.63) is 69.8 Å². The van der Waals surface area contributed by atoms with Gasteiger partial charge in [-0.15, -0.1) is 0 Å². The monoisotopic (exact) mass is 544 g/mol. The molecule has 2 aromatic carbocycles. The highest BCUT2D eigenvalue weighted by molar-refractivity contribution is 6.11. The lowest BCUT2D eigenvalue weighted by Gasteiger charge is -2.29. The fraction of sp³-hybridized carbons (Fsp3) is 0.629. The van der Waals surface area contributed by atoms with E-state index in [-0.39, 0.29) is 5.78 Å². The third-order valence-electron chi connectivity index (χ3n) is 9.83. The number of carbonyl (C=O) groups excluding carboxylic acids is 1. The van der Waals surface area contributed by atoms with Crippen molar-refractivity contribution < 1.29 is 14.3 Å². The summed E-state index contributed by atoms with van der Waals surface area (Å²) in [6, 6.07) is 13.6. The van der Waals surface area contributed by atoms with Gasteiger partial charge < -0.3 is 9.47 Å². The number of nitrogens with zero attached hydrogens (tertiary/aromatic N) is 2. The Morgan fingerprint density at radius 3 is 1.40 bits per heavy atom. The van der Waals surface area contributed by atoms with Gasteiger partial charge in [-0.05, 0) is 59.8 Å².